The number of amides is 1. The highest BCUT2D eigenvalue weighted by molar-refractivity contribution is 7.86. The number of nitrogens with zero attached hydrogens (tertiary/aromatic N) is 2. The molecule has 0 bridgehead atoms. The van der Waals surface area contributed by atoms with Crippen LogP contribution in [0.2, 0.25) is 0 Å². The SMILES string of the molecule is CCNC(=O)C1CCN(S(=O)(=O)N2CCCC(C)C2)CC1. The van der Waals surface area contributed by atoms with Crippen LogP contribution >= 0.6 is 0 Å². The highest BCUT2D eigenvalue weighted by Gasteiger charge is 2.36. The highest BCUT2D eigenvalue weighted by atomic mass is 32.2. The van der Waals surface area contributed by atoms with Crippen LogP contribution in [0.25, 0.3) is 0 Å². The van der Waals surface area contributed by atoms with E-state index in [0.717, 1.165) is 12.8 Å². The molecule has 2 saturated heterocycles. The van der Waals surface area contributed by atoms with Gasteiger partial charge in [-0.25, -0.2) is 0 Å². The van der Waals surface area contributed by atoms with Gasteiger partial charge in [0.25, 0.3) is 10.2 Å². The van der Waals surface area contributed by atoms with Crippen LogP contribution in [0.5, 0.6) is 0 Å². The zero-order chi connectivity index (χ0) is 15.5. The van der Waals surface area contributed by atoms with E-state index in [-0.39, 0.29) is 11.8 Å². The molecule has 0 aromatic rings. The lowest BCUT2D eigenvalue weighted by atomic mass is 9.97. The largest absolute Gasteiger partial charge is 0.356 e. The van der Waals surface area contributed by atoms with Gasteiger partial charge in [0, 0.05) is 38.6 Å². The molecule has 0 aliphatic carbocycles. The van der Waals surface area contributed by atoms with Crippen LogP contribution in [0.3, 0.4) is 0 Å². The monoisotopic (exact) mass is 317 g/mol. The van der Waals surface area contributed by atoms with Gasteiger partial charge in [-0.3, -0.25) is 4.79 Å². The van der Waals surface area contributed by atoms with Crippen LogP contribution in [0.1, 0.15) is 39.5 Å². The predicted octanol–water partition coefficient (Wildman–Crippen LogP) is 0.811. The van der Waals surface area contributed by atoms with Crippen molar-refractivity contribution in [1.29, 1.82) is 0 Å². The molecule has 122 valence electrons. The van der Waals surface area contributed by atoms with Crippen LogP contribution in [-0.2, 0) is 15.0 Å². The maximum Gasteiger partial charge on any atom is 0.281 e. The van der Waals surface area contributed by atoms with Gasteiger partial charge in [0.1, 0.15) is 0 Å². The zero-order valence-corrected chi connectivity index (χ0v) is 13.9. The summed E-state index contributed by atoms with van der Waals surface area (Å²) >= 11 is 0. The Morgan fingerprint density at radius 1 is 1.14 bits per heavy atom. The summed E-state index contributed by atoms with van der Waals surface area (Å²) in [6, 6.07) is 0. The smallest absolute Gasteiger partial charge is 0.281 e. The molecule has 0 radical (unpaired) electrons. The normalized spacial score (nSPS) is 26.7. The number of hydrogen-bond acceptors (Lipinski definition) is 3. The average molecular weight is 317 g/mol. The van der Waals surface area contributed by atoms with E-state index in [9.17, 15) is 13.2 Å². The molecule has 2 aliphatic heterocycles. The van der Waals surface area contributed by atoms with Crippen molar-refractivity contribution in [2.24, 2.45) is 11.8 Å². The molecule has 6 nitrogen and oxygen atoms in total. The first-order chi connectivity index (χ1) is 9.95. The lowest BCUT2D eigenvalue weighted by Gasteiger charge is -2.37. The van der Waals surface area contributed by atoms with Crippen molar-refractivity contribution >= 4 is 16.1 Å². The summed E-state index contributed by atoms with van der Waals surface area (Å²) < 4.78 is 28.5. The molecule has 0 saturated carbocycles. The lowest BCUT2D eigenvalue weighted by molar-refractivity contribution is -0.126. The molecule has 1 amide bonds. The summed E-state index contributed by atoms with van der Waals surface area (Å²) in [5.74, 6) is 0.444. The van der Waals surface area contributed by atoms with Gasteiger partial charge in [-0.05, 0) is 38.5 Å². The Labute approximate surface area is 128 Å². The first-order valence-corrected chi connectivity index (χ1v) is 9.37. The third-order valence-corrected chi connectivity index (χ3v) is 6.45. The summed E-state index contributed by atoms with van der Waals surface area (Å²) in [5.41, 5.74) is 0. The first-order valence-electron chi connectivity index (χ1n) is 7.98. The maximum atomic E-state index is 12.6. The first kappa shape index (κ1) is 16.7. The molecule has 1 unspecified atom stereocenters. The molecule has 2 fully saturated rings. The van der Waals surface area contributed by atoms with Gasteiger partial charge in [0.2, 0.25) is 5.91 Å². The van der Waals surface area contributed by atoms with Crippen molar-refractivity contribution in [3.63, 3.8) is 0 Å². The van der Waals surface area contributed by atoms with Crippen molar-refractivity contribution in [3.8, 4) is 0 Å². The number of nitrogens with one attached hydrogen (secondary N) is 1. The van der Waals surface area contributed by atoms with E-state index >= 15 is 0 Å². The van der Waals surface area contributed by atoms with Crippen molar-refractivity contribution in [2.75, 3.05) is 32.7 Å². The number of hydrogen-bond donors (Lipinski definition) is 1. The zero-order valence-electron chi connectivity index (χ0n) is 13.0. The minimum Gasteiger partial charge on any atom is -0.356 e. The standard InChI is InChI=1S/C14H27N3O3S/c1-3-15-14(18)13-6-9-16(10-7-13)21(19,20)17-8-4-5-12(2)11-17/h12-13H,3-11H2,1-2H3,(H,15,18). The summed E-state index contributed by atoms with van der Waals surface area (Å²) in [4.78, 5) is 11.8. The minimum absolute atomic E-state index is 0.0447. The number of carbonyl (C=O) groups excluding carboxylic acids is 1. The summed E-state index contributed by atoms with van der Waals surface area (Å²) in [5, 5.41) is 2.82. The van der Waals surface area contributed by atoms with Crippen molar-refractivity contribution in [1.82, 2.24) is 13.9 Å². The van der Waals surface area contributed by atoms with E-state index in [1.54, 1.807) is 8.61 Å². The fourth-order valence-corrected chi connectivity index (χ4v) is 4.99. The molecular formula is C14H27N3O3S. The van der Waals surface area contributed by atoms with E-state index < -0.39 is 10.2 Å². The molecule has 1 N–H and O–H groups in total. The second kappa shape index (κ2) is 7.07. The maximum absolute atomic E-state index is 12.6. The summed E-state index contributed by atoms with van der Waals surface area (Å²) in [6.07, 6.45) is 3.28. The minimum atomic E-state index is -3.34. The molecule has 7 heteroatoms. The molecule has 2 rings (SSSR count). The van der Waals surface area contributed by atoms with E-state index in [1.165, 1.54) is 0 Å². The van der Waals surface area contributed by atoms with E-state index in [2.05, 4.69) is 12.2 Å². The van der Waals surface area contributed by atoms with Crippen molar-refractivity contribution < 1.29 is 13.2 Å². The van der Waals surface area contributed by atoms with Crippen LogP contribution in [0.4, 0.5) is 0 Å². The fourth-order valence-electron chi connectivity index (χ4n) is 3.19. The Kier molecular flexibility index (Phi) is 5.62. The van der Waals surface area contributed by atoms with E-state index in [0.29, 0.717) is 51.5 Å². The Balaban J connectivity index is 1.93. The second-order valence-electron chi connectivity index (χ2n) is 6.18. The van der Waals surface area contributed by atoms with E-state index in [4.69, 9.17) is 0 Å². The molecule has 0 aromatic carbocycles. The van der Waals surface area contributed by atoms with Crippen molar-refractivity contribution in [2.45, 2.75) is 39.5 Å². The Morgan fingerprint density at radius 2 is 1.81 bits per heavy atom. The number of piperidine rings is 2. The Morgan fingerprint density at radius 3 is 2.38 bits per heavy atom. The molecular weight excluding hydrogens is 290 g/mol. The molecule has 21 heavy (non-hydrogen) atoms. The van der Waals surface area contributed by atoms with Gasteiger partial charge in [0.15, 0.2) is 0 Å². The van der Waals surface area contributed by atoms with E-state index in [1.807, 2.05) is 6.92 Å². The molecule has 2 aliphatic rings. The average Bonchev–Trinajstić information content (AvgIpc) is 2.47. The van der Waals surface area contributed by atoms with Gasteiger partial charge < -0.3 is 5.32 Å². The second-order valence-corrected chi connectivity index (χ2v) is 8.11. The highest BCUT2D eigenvalue weighted by Crippen LogP contribution is 2.25. The van der Waals surface area contributed by atoms with Gasteiger partial charge >= 0.3 is 0 Å². The molecule has 1 atom stereocenters. The third-order valence-electron chi connectivity index (χ3n) is 4.45. The summed E-state index contributed by atoms with van der Waals surface area (Å²) in [6.45, 7) is 6.78. The Bertz CT molecular complexity index is 458. The van der Waals surface area contributed by atoms with Crippen LogP contribution in [-0.4, -0.2) is 55.7 Å². The van der Waals surface area contributed by atoms with Crippen LogP contribution in [0.15, 0.2) is 0 Å². The third kappa shape index (κ3) is 3.96. The molecule has 0 spiro atoms. The Hall–Kier alpha value is -0.660. The lowest BCUT2D eigenvalue weighted by Crippen LogP contribution is -2.51. The number of rotatable bonds is 4. The van der Waals surface area contributed by atoms with Crippen molar-refractivity contribution in [3.05, 3.63) is 0 Å². The van der Waals surface area contributed by atoms with Gasteiger partial charge in [-0.1, -0.05) is 6.92 Å². The van der Waals surface area contributed by atoms with Crippen LogP contribution in [0, 0.1) is 11.8 Å². The number of carbonyl (C=O) groups is 1. The summed E-state index contributed by atoms with van der Waals surface area (Å²) in [7, 11) is -3.34. The molecule has 2 heterocycles. The van der Waals surface area contributed by atoms with Gasteiger partial charge in [-0.15, -0.1) is 0 Å². The van der Waals surface area contributed by atoms with Gasteiger partial charge in [-0.2, -0.15) is 17.0 Å². The van der Waals surface area contributed by atoms with Crippen LogP contribution < -0.4 is 5.32 Å². The topological polar surface area (TPSA) is 69.7 Å². The predicted molar refractivity (Wildman–Crippen MR) is 81.9 cm³/mol. The fraction of sp³-hybridized carbons (Fsp3) is 0.929. The quantitative estimate of drug-likeness (QED) is 0.834. The molecule has 0 aromatic heterocycles. The van der Waals surface area contributed by atoms with Gasteiger partial charge in [0.05, 0.1) is 0 Å².